The SMILES string of the molecule is CCC(C)NC(=O)C(C)NC1CCOC(CC)(CC)C1. The predicted molar refractivity (Wildman–Crippen MR) is 82.8 cm³/mol. The van der Waals surface area contributed by atoms with E-state index in [9.17, 15) is 4.79 Å². The first-order valence-electron chi connectivity index (χ1n) is 8.16. The molecule has 2 N–H and O–H groups in total. The standard InChI is InChI=1S/C16H32N2O2/c1-6-12(4)17-15(19)13(5)18-14-9-10-20-16(7-2,8-3)11-14/h12-14,18H,6-11H2,1-5H3,(H,17,19). The largest absolute Gasteiger partial charge is 0.375 e. The third kappa shape index (κ3) is 4.74. The van der Waals surface area contributed by atoms with Gasteiger partial charge in [-0.05, 0) is 46.0 Å². The molecule has 4 nitrogen and oxygen atoms in total. The minimum Gasteiger partial charge on any atom is -0.375 e. The number of ether oxygens (including phenoxy) is 1. The minimum atomic E-state index is -0.140. The maximum atomic E-state index is 12.1. The summed E-state index contributed by atoms with van der Waals surface area (Å²) in [5, 5.41) is 6.51. The first-order chi connectivity index (χ1) is 9.46. The fourth-order valence-corrected chi connectivity index (χ4v) is 2.81. The summed E-state index contributed by atoms with van der Waals surface area (Å²) in [5.74, 6) is 0.101. The summed E-state index contributed by atoms with van der Waals surface area (Å²) in [5.41, 5.74) is 0.00280. The van der Waals surface area contributed by atoms with Gasteiger partial charge in [0.2, 0.25) is 5.91 Å². The van der Waals surface area contributed by atoms with Crippen molar-refractivity contribution in [1.82, 2.24) is 10.6 Å². The average Bonchev–Trinajstić information content (AvgIpc) is 2.47. The van der Waals surface area contributed by atoms with Crippen molar-refractivity contribution >= 4 is 5.91 Å². The quantitative estimate of drug-likeness (QED) is 0.755. The van der Waals surface area contributed by atoms with Gasteiger partial charge in [-0.2, -0.15) is 0 Å². The minimum absolute atomic E-state index is 0.00280. The number of hydrogen-bond donors (Lipinski definition) is 2. The maximum absolute atomic E-state index is 12.1. The van der Waals surface area contributed by atoms with Gasteiger partial charge in [0.25, 0.3) is 0 Å². The van der Waals surface area contributed by atoms with E-state index < -0.39 is 0 Å². The predicted octanol–water partition coefficient (Wildman–Crippen LogP) is 2.62. The van der Waals surface area contributed by atoms with Gasteiger partial charge in [0.15, 0.2) is 0 Å². The molecule has 1 saturated heterocycles. The van der Waals surface area contributed by atoms with Crippen LogP contribution in [0.3, 0.4) is 0 Å². The first kappa shape index (κ1) is 17.4. The lowest BCUT2D eigenvalue weighted by Crippen LogP contribution is -2.53. The van der Waals surface area contributed by atoms with E-state index in [1.54, 1.807) is 0 Å². The number of carbonyl (C=O) groups is 1. The second kappa shape index (κ2) is 7.99. The normalized spacial score (nSPS) is 24.9. The lowest BCUT2D eigenvalue weighted by atomic mass is 9.85. The van der Waals surface area contributed by atoms with Gasteiger partial charge >= 0.3 is 0 Å². The van der Waals surface area contributed by atoms with Crippen molar-refractivity contribution in [3.63, 3.8) is 0 Å². The zero-order valence-corrected chi connectivity index (χ0v) is 13.8. The average molecular weight is 284 g/mol. The Kier molecular flexibility index (Phi) is 6.96. The van der Waals surface area contributed by atoms with E-state index in [0.29, 0.717) is 6.04 Å². The molecule has 0 radical (unpaired) electrons. The highest BCUT2D eigenvalue weighted by molar-refractivity contribution is 5.81. The molecular formula is C16H32N2O2. The van der Waals surface area contributed by atoms with Crippen LogP contribution in [0.4, 0.5) is 0 Å². The fourth-order valence-electron chi connectivity index (χ4n) is 2.81. The zero-order valence-electron chi connectivity index (χ0n) is 13.8. The van der Waals surface area contributed by atoms with Crippen LogP contribution in [-0.4, -0.2) is 36.2 Å². The van der Waals surface area contributed by atoms with E-state index in [-0.39, 0.29) is 23.6 Å². The highest BCUT2D eigenvalue weighted by Gasteiger charge is 2.35. The number of hydrogen-bond acceptors (Lipinski definition) is 3. The molecule has 118 valence electrons. The number of amides is 1. The van der Waals surface area contributed by atoms with Crippen LogP contribution in [0, 0.1) is 0 Å². The Balaban J connectivity index is 2.49. The van der Waals surface area contributed by atoms with Crippen molar-refractivity contribution < 1.29 is 9.53 Å². The molecule has 1 amide bonds. The molecule has 1 aliphatic rings. The molecule has 3 atom stereocenters. The van der Waals surface area contributed by atoms with Gasteiger partial charge in [-0.3, -0.25) is 4.79 Å². The lowest BCUT2D eigenvalue weighted by Gasteiger charge is -2.41. The van der Waals surface area contributed by atoms with E-state index in [1.807, 2.05) is 13.8 Å². The molecule has 0 aliphatic carbocycles. The summed E-state index contributed by atoms with van der Waals surface area (Å²) in [7, 11) is 0. The van der Waals surface area contributed by atoms with E-state index in [4.69, 9.17) is 4.74 Å². The molecule has 20 heavy (non-hydrogen) atoms. The molecule has 0 aromatic rings. The molecule has 1 fully saturated rings. The topological polar surface area (TPSA) is 50.4 Å². The highest BCUT2D eigenvalue weighted by atomic mass is 16.5. The Hall–Kier alpha value is -0.610. The Morgan fingerprint density at radius 2 is 1.95 bits per heavy atom. The molecule has 0 aromatic carbocycles. The smallest absolute Gasteiger partial charge is 0.237 e. The van der Waals surface area contributed by atoms with Crippen LogP contribution in [0.15, 0.2) is 0 Å². The Morgan fingerprint density at radius 1 is 1.30 bits per heavy atom. The molecule has 3 unspecified atom stereocenters. The highest BCUT2D eigenvalue weighted by Crippen LogP contribution is 2.31. The van der Waals surface area contributed by atoms with Crippen molar-refractivity contribution in [2.24, 2.45) is 0 Å². The molecule has 0 bridgehead atoms. The van der Waals surface area contributed by atoms with Crippen molar-refractivity contribution in [1.29, 1.82) is 0 Å². The number of carbonyl (C=O) groups excluding carboxylic acids is 1. The molecular weight excluding hydrogens is 252 g/mol. The first-order valence-corrected chi connectivity index (χ1v) is 8.16. The van der Waals surface area contributed by atoms with Gasteiger partial charge in [0.05, 0.1) is 11.6 Å². The van der Waals surface area contributed by atoms with Gasteiger partial charge in [-0.1, -0.05) is 20.8 Å². The van der Waals surface area contributed by atoms with Crippen LogP contribution in [0.1, 0.15) is 66.7 Å². The summed E-state index contributed by atoms with van der Waals surface area (Å²) < 4.78 is 5.98. The fraction of sp³-hybridized carbons (Fsp3) is 0.938. The number of nitrogens with one attached hydrogen (secondary N) is 2. The van der Waals surface area contributed by atoms with Gasteiger partial charge in [-0.25, -0.2) is 0 Å². The molecule has 1 heterocycles. The van der Waals surface area contributed by atoms with E-state index in [0.717, 1.165) is 38.7 Å². The summed E-state index contributed by atoms with van der Waals surface area (Å²) in [6.07, 6.45) is 5.03. The van der Waals surface area contributed by atoms with Crippen LogP contribution in [0.25, 0.3) is 0 Å². The third-order valence-electron chi connectivity index (χ3n) is 4.66. The second-order valence-electron chi connectivity index (χ2n) is 6.13. The second-order valence-corrected chi connectivity index (χ2v) is 6.13. The van der Waals surface area contributed by atoms with Crippen molar-refractivity contribution in [2.45, 2.75) is 90.4 Å². The maximum Gasteiger partial charge on any atom is 0.237 e. The van der Waals surface area contributed by atoms with Crippen LogP contribution < -0.4 is 10.6 Å². The van der Waals surface area contributed by atoms with Gasteiger partial charge < -0.3 is 15.4 Å². The van der Waals surface area contributed by atoms with Crippen molar-refractivity contribution in [3.8, 4) is 0 Å². The Morgan fingerprint density at radius 3 is 2.50 bits per heavy atom. The van der Waals surface area contributed by atoms with Crippen LogP contribution in [-0.2, 0) is 9.53 Å². The Bertz CT molecular complexity index is 303. The van der Waals surface area contributed by atoms with Gasteiger partial charge in [-0.15, -0.1) is 0 Å². The number of rotatable bonds is 7. The van der Waals surface area contributed by atoms with Crippen molar-refractivity contribution in [3.05, 3.63) is 0 Å². The summed E-state index contributed by atoms with van der Waals surface area (Å²) in [4.78, 5) is 12.1. The zero-order chi connectivity index (χ0) is 15.2. The van der Waals surface area contributed by atoms with Crippen LogP contribution in [0.2, 0.25) is 0 Å². The summed E-state index contributed by atoms with van der Waals surface area (Å²) in [6, 6.07) is 0.478. The monoisotopic (exact) mass is 284 g/mol. The molecule has 0 aromatic heterocycles. The Labute approximate surface area is 124 Å². The molecule has 0 saturated carbocycles. The molecule has 1 rings (SSSR count). The third-order valence-corrected chi connectivity index (χ3v) is 4.66. The van der Waals surface area contributed by atoms with E-state index in [2.05, 4.69) is 31.4 Å². The summed E-state index contributed by atoms with van der Waals surface area (Å²) in [6.45, 7) is 11.2. The van der Waals surface area contributed by atoms with Crippen molar-refractivity contribution in [2.75, 3.05) is 6.61 Å². The van der Waals surface area contributed by atoms with E-state index in [1.165, 1.54) is 0 Å². The van der Waals surface area contributed by atoms with Gasteiger partial charge in [0, 0.05) is 18.7 Å². The van der Waals surface area contributed by atoms with E-state index >= 15 is 0 Å². The van der Waals surface area contributed by atoms with Crippen LogP contribution in [0.5, 0.6) is 0 Å². The molecule has 4 heteroatoms. The van der Waals surface area contributed by atoms with Gasteiger partial charge in [0.1, 0.15) is 0 Å². The van der Waals surface area contributed by atoms with Crippen LogP contribution >= 0.6 is 0 Å². The molecule has 0 spiro atoms. The lowest BCUT2D eigenvalue weighted by molar-refractivity contribution is -0.125. The summed E-state index contributed by atoms with van der Waals surface area (Å²) >= 11 is 0. The molecule has 1 aliphatic heterocycles.